The first-order chi connectivity index (χ1) is 25.8. The van der Waals surface area contributed by atoms with Crippen molar-refractivity contribution in [2.75, 3.05) is 44.3 Å². The Bertz CT molecular complexity index is 2300. The highest BCUT2D eigenvalue weighted by atomic mass is 19.1. The molecule has 0 aliphatic carbocycles. The summed E-state index contributed by atoms with van der Waals surface area (Å²) >= 11 is 0. The van der Waals surface area contributed by atoms with Crippen molar-refractivity contribution in [1.82, 2.24) is 40.2 Å². The fourth-order valence-electron chi connectivity index (χ4n) is 8.77. The highest BCUT2D eigenvalue weighted by molar-refractivity contribution is 6.03. The van der Waals surface area contributed by atoms with E-state index in [1.807, 2.05) is 6.20 Å². The van der Waals surface area contributed by atoms with Crippen LogP contribution in [-0.2, 0) is 17.9 Å². The molecule has 4 aliphatic rings. The van der Waals surface area contributed by atoms with Gasteiger partial charge in [0, 0.05) is 54.4 Å². The first kappa shape index (κ1) is 33.6. The number of halogens is 2. The maximum atomic E-state index is 16.8. The van der Waals surface area contributed by atoms with E-state index in [0.717, 1.165) is 44.5 Å². The number of anilines is 1. The van der Waals surface area contributed by atoms with Gasteiger partial charge in [-0.2, -0.15) is 9.97 Å². The van der Waals surface area contributed by atoms with E-state index in [4.69, 9.17) is 20.9 Å². The SMILES string of the molecule is C#Cc1c(F)ccc2cc(O)cc(-c3ncc4c(N5C[C@H]6CC[C@@H](C5)N6)nc(OCCn5cc(COCC67CCCN6CC(=C)C7)nn5)nc4c3F)c12. The van der Waals surface area contributed by atoms with Crippen molar-refractivity contribution < 1.29 is 23.4 Å². The lowest BCUT2D eigenvalue weighted by Crippen LogP contribution is -2.51. The average Bonchev–Trinajstić information content (AvgIpc) is 3.91. The van der Waals surface area contributed by atoms with E-state index < -0.39 is 11.6 Å². The maximum Gasteiger partial charge on any atom is 0.319 e. The van der Waals surface area contributed by atoms with Crippen LogP contribution in [0.4, 0.5) is 14.6 Å². The van der Waals surface area contributed by atoms with E-state index in [1.165, 1.54) is 42.5 Å². The van der Waals surface area contributed by atoms with Gasteiger partial charge in [-0.05, 0) is 62.2 Å². The number of hydrogen-bond donors (Lipinski definition) is 2. The predicted octanol–water partition coefficient (Wildman–Crippen LogP) is 4.73. The van der Waals surface area contributed by atoms with Gasteiger partial charge in [-0.1, -0.05) is 29.4 Å². The number of phenolic OH excluding ortho intramolecular Hbond substituents is 1. The number of benzene rings is 2. The molecule has 0 saturated carbocycles. The number of fused-ring (bicyclic) bond motifs is 5. The largest absolute Gasteiger partial charge is 0.508 e. The standard InChI is InChI=1S/C39H39F2N9O3/c1-3-29-32(40)8-5-24-13-28(51)14-30(33(24)29)35-34(41)36-31(16-42-35)37(48-18-25-6-7-26(19-48)43-25)45-38(44-36)53-12-11-50-20-27(46-47-50)21-52-22-39-9-4-10-49(39)17-23(2)15-39/h1,5,8,13-14,16,20,25-26,43,51H,2,4,6-7,9-12,15,17-19,21-22H2/t25-,26+,39?. The number of aromatic hydroxyl groups is 1. The van der Waals surface area contributed by atoms with Crippen LogP contribution in [0.2, 0.25) is 0 Å². The minimum atomic E-state index is -0.767. The predicted molar refractivity (Wildman–Crippen MR) is 194 cm³/mol. The van der Waals surface area contributed by atoms with Crippen LogP contribution in [0.3, 0.4) is 0 Å². The molecular weight excluding hydrogens is 680 g/mol. The molecule has 272 valence electrons. The topological polar surface area (TPSA) is 127 Å². The lowest BCUT2D eigenvalue weighted by Gasteiger charge is -2.34. The Labute approximate surface area is 304 Å². The summed E-state index contributed by atoms with van der Waals surface area (Å²) in [6.07, 6.45) is 14.4. The average molecular weight is 720 g/mol. The molecule has 7 heterocycles. The molecule has 2 N–H and O–H groups in total. The summed E-state index contributed by atoms with van der Waals surface area (Å²) in [7, 11) is 0. The molecule has 5 aromatic rings. The summed E-state index contributed by atoms with van der Waals surface area (Å²) in [5.74, 6) is 1.35. The Morgan fingerprint density at radius 1 is 1.15 bits per heavy atom. The summed E-state index contributed by atoms with van der Waals surface area (Å²) in [4.78, 5) is 18.4. The van der Waals surface area contributed by atoms with Crippen molar-refractivity contribution in [3.8, 4) is 35.4 Å². The smallest absolute Gasteiger partial charge is 0.319 e. The zero-order valence-corrected chi connectivity index (χ0v) is 29.2. The fraction of sp³-hybridized carbons (Fsp3) is 0.410. The quantitative estimate of drug-likeness (QED) is 0.154. The Kier molecular flexibility index (Phi) is 8.44. The molecule has 4 aliphatic heterocycles. The van der Waals surface area contributed by atoms with Crippen molar-refractivity contribution in [1.29, 1.82) is 0 Å². The third-order valence-electron chi connectivity index (χ3n) is 11.1. The Balaban J connectivity index is 0.983. The van der Waals surface area contributed by atoms with Gasteiger partial charge in [0.15, 0.2) is 5.82 Å². The van der Waals surface area contributed by atoms with Crippen LogP contribution in [0.5, 0.6) is 11.8 Å². The molecule has 2 aromatic carbocycles. The Morgan fingerprint density at radius 3 is 2.83 bits per heavy atom. The lowest BCUT2D eigenvalue weighted by molar-refractivity contribution is 0.0255. The summed E-state index contributed by atoms with van der Waals surface area (Å²) in [6, 6.07) is 6.06. The van der Waals surface area contributed by atoms with Crippen molar-refractivity contribution >= 4 is 27.5 Å². The normalized spacial score (nSPS) is 22.6. The molecule has 2 bridgehead atoms. The van der Waals surface area contributed by atoms with E-state index in [0.29, 0.717) is 49.4 Å². The fourth-order valence-corrected chi connectivity index (χ4v) is 8.77. The highest BCUT2D eigenvalue weighted by Gasteiger charge is 2.46. The van der Waals surface area contributed by atoms with Crippen molar-refractivity contribution in [3.05, 3.63) is 71.7 Å². The molecule has 9 rings (SSSR count). The number of rotatable bonds is 10. The third-order valence-corrected chi connectivity index (χ3v) is 11.1. The zero-order valence-electron chi connectivity index (χ0n) is 29.2. The van der Waals surface area contributed by atoms with Crippen molar-refractivity contribution in [3.63, 3.8) is 0 Å². The van der Waals surface area contributed by atoms with Gasteiger partial charge in [-0.15, -0.1) is 11.5 Å². The monoisotopic (exact) mass is 719 g/mol. The molecule has 4 fully saturated rings. The number of nitrogens with zero attached hydrogens (tertiary/aromatic N) is 8. The summed E-state index contributed by atoms with van der Waals surface area (Å²) in [5, 5.41) is 23.8. The van der Waals surface area contributed by atoms with Gasteiger partial charge < -0.3 is 24.8 Å². The Hall–Kier alpha value is -5.23. The zero-order chi connectivity index (χ0) is 36.3. The first-order valence-electron chi connectivity index (χ1n) is 18.1. The second-order valence-electron chi connectivity index (χ2n) is 14.7. The first-order valence-corrected chi connectivity index (χ1v) is 18.1. The summed E-state index contributed by atoms with van der Waals surface area (Å²) < 4.78 is 45.6. The number of piperazine rings is 1. The lowest BCUT2D eigenvalue weighted by atomic mass is 9.94. The van der Waals surface area contributed by atoms with E-state index in [1.54, 1.807) is 4.68 Å². The molecule has 14 heteroatoms. The van der Waals surface area contributed by atoms with Gasteiger partial charge in [0.05, 0.1) is 36.9 Å². The molecule has 1 unspecified atom stereocenters. The Morgan fingerprint density at radius 2 is 2.00 bits per heavy atom. The van der Waals surface area contributed by atoms with Gasteiger partial charge >= 0.3 is 6.01 Å². The third kappa shape index (κ3) is 6.12. The molecule has 53 heavy (non-hydrogen) atoms. The molecule has 4 saturated heterocycles. The maximum absolute atomic E-state index is 16.8. The summed E-state index contributed by atoms with van der Waals surface area (Å²) in [5.41, 5.74) is 1.99. The molecule has 0 radical (unpaired) electrons. The minimum Gasteiger partial charge on any atom is -0.508 e. The second kappa shape index (κ2) is 13.3. The molecule has 12 nitrogen and oxygen atoms in total. The van der Waals surface area contributed by atoms with Crippen LogP contribution >= 0.6 is 0 Å². The number of pyridine rings is 1. The number of nitrogens with one attached hydrogen (secondary N) is 1. The van der Waals surface area contributed by atoms with Crippen LogP contribution in [0.15, 0.2) is 48.8 Å². The number of ether oxygens (including phenoxy) is 2. The highest BCUT2D eigenvalue weighted by Crippen LogP contribution is 2.42. The van der Waals surface area contributed by atoms with Crippen molar-refractivity contribution in [2.45, 2.75) is 62.9 Å². The van der Waals surface area contributed by atoms with Gasteiger partial charge in [-0.25, -0.2) is 13.5 Å². The van der Waals surface area contributed by atoms with Gasteiger partial charge in [-0.3, -0.25) is 9.88 Å². The van der Waals surface area contributed by atoms with E-state index >= 15 is 4.39 Å². The number of terminal acetylenes is 1. The van der Waals surface area contributed by atoms with Crippen LogP contribution < -0.4 is 15.0 Å². The minimum absolute atomic E-state index is 0.00671. The number of aromatic nitrogens is 6. The molecular formula is C39H39F2N9O3. The van der Waals surface area contributed by atoms with Crippen LogP contribution in [0.1, 0.15) is 43.4 Å². The molecule has 0 amide bonds. The van der Waals surface area contributed by atoms with E-state index in [9.17, 15) is 9.50 Å². The molecule has 0 spiro atoms. The second-order valence-corrected chi connectivity index (χ2v) is 14.7. The number of phenols is 1. The van der Waals surface area contributed by atoms with Gasteiger partial charge in [0.25, 0.3) is 0 Å². The van der Waals surface area contributed by atoms with E-state index in [2.05, 4.69) is 47.9 Å². The van der Waals surface area contributed by atoms with Crippen LogP contribution in [0.25, 0.3) is 32.9 Å². The van der Waals surface area contributed by atoms with Crippen LogP contribution in [0, 0.1) is 24.0 Å². The van der Waals surface area contributed by atoms with Gasteiger partial charge in [0.1, 0.15) is 40.9 Å². The molecule has 3 atom stereocenters. The number of hydrogen-bond acceptors (Lipinski definition) is 11. The van der Waals surface area contributed by atoms with Gasteiger partial charge in [0.2, 0.25) is 0 Å². The van der Waals surface area contributed by atoms with Crippen molar-refractivity contribution in [2.24, 2.45) is 0 Å². The summed E-state index contributed by atoms with van der Waals surface area (Å²) in [6.45, 7) is 9.09. The van der Waals surface area contributed by atoms with Crippen LogP contribution in [-0.4, -0.2) is 97.0 Å². The molecule has 3 aromatic heterocycles. The van der Waals surface area contributed by atoms with E-state index in [-0.39, 0.29) is 63.7 Å².